The zero-order chi connectivity index (χ0) is 37.5. The van der Waals surface area contributed by atoms with Crippen LogP contribution in [0.2, 0.25) is 0 Å². The van der Waals surface area contributed by atoms with Crippen molar-refractivity contribution in [3.63, 3.8) is 0 Å². The summed E-state index contributed by atoms with van der Waals surface area (Å²) in [5, 5.41) is 9.06. The van der Waals surface area contributed by atoms with Gasteiger partial charge in [-0.25, -0.2) is 0 Å². The lowest BCUT2D eigenvalue weighted by molar-refractivity contribution is 0.669. The maximum absolute atomic E-state index is 6.94. The first-order valence-electron chi connectivity index (χ1n) is 19.2. The molecule has 0 aliphatic carbocycles. The number of nitrogens with zero attached hydrogens (tertiary/aromatic N) is 2. The minimum absolute atomic E-state index is 0.823. The number of rotatable bonds is 6. The minimum atomic E-state index is 0.823. The third-order valence-corrected chi connectivity index (χ3v) is 12.4. The maximum Gasteiger partial charge on any atom is 0.143 e. The highest BCUT2D eigenvalue weighted by molar-refractivity contribution is 7.26. The molecular weight excluding hydrogens is 717 g/mol. The molecule has 0 N–H and O–H groups in total. The Morgan fingerprint density at radius 1 is 0.333 bits per heavy atom. The van der Waals surface area contributed by atoms with Crippen LogP contribution in [0.25, 0.3) is 74.8 Å². The fraction of sp³-hybridized carbons (Fsp3) is 0. The number of furan rings is 2. The number of benzene rings is 9. The molecule has 0 bridgehead atoms. The van der Waals surface area contributed by atoms with Crippen molar-refractivity contribution in [3.05, 3.63) is 194 Å². The van der Waals surface area contributed by atoms with Gasteiger partial charge in [-0.15, -0.1) is 11.3 Å². The van der Waals surface area contributed by atoms with Crippen molar-refractivity contribution in [2.45, 2.75) is 0 Å². The van der Waals surface area contributed by atoms with Gasteiger partial charge in [-0.05, 0) is 78.2 Å². The van der Waals surface area contributed by atoms with Crippen LogP contribution < -0.4 is 9.80 Å². The first kappa shape index (κ1) is 32.0. The molecule has 0 unspecified atom stereocenters. The summed E-state index contributed by atoms with van der Waals surface area (Å²) >= 11 is 1.84. The summed E-state index contributed by atoms with van der Waals surface area (Å²) < 4.78 is 15.8. The highest BCUT2D eigenvalue weighted by atomic mass is 32.1. The first-order valence-corrected chi connectivity index (χ1v) is 20.0. The number of fused-ring (bicyclic) bond motifs is 11. The summed E-state index contributed by atoms with van der Waals surface area (Å²) in [6, 6.07) is 69.0. The number of para-hydroxylation sites is 3. The summed E-state index contributed by atoms with van der Waals surface area (Å²) in [4.78, 5) is 4.80. The average molecular weight is 749 g/mol. The normalized spacial score (nSPS) is 11.9. The summed E-state index contributed by atoms with van der Waals surface area (Å²) in [6.07, 6.45) is 0. The van der Waals surface area contributed by atoms with Crippen LogP contribution in [0.1, 0.15) is 0 Å². The molecule has 3 aromatic heterocycles. The fourth-order valence-corrected chi connectivity index (χ4v) is 9.84. The Morgan fingerprint density at radius 2 is 0.982 bits per heavy atom. The van der Waals surface area contributed by atoms with Gasteiger partial charge in [0.1, 0.15) is 22.3 Å². The zero-order valence-electron chi connectivity index (χ0n) is 30.6. The average Bonchev–Trinajstić information content (AvgIpc) is 3.96. The SMILES string of the molecule is c1ccc(N(c2ccc3oc4ccccc4c3c2)c2cc3oc4c5ccccc5ccc4c3cc2N(c2ccccc2)c2cccc3c2sc2ccccc23)cc1. The van der Waals surface area contributed by atoms with Crippen LogP contribution in [0.4, 0.5) is 34.1 Å². The van der Waals surface area contributed by atoms with Crippen molar-refractivity contribution in [1.29, 1.82) is 0 Å². The molecule has 9 aromatic carbocycles. The Morgan fingerprint density at radius 3 is 1.82 bits per heavy atom. The minimum Gasteiger partial charge on any atom is -0.456 e. The third-order valence-electron chi connectivity index (χ3n) is 11.2. The Balaban J connectivity index is 1.22. The molecule has 0 radical (unpaired) electrons. The highest BCUT2D eigenvalue weighted by Gasteiger charge is 2.27. The van der Waals surface area contributed by atoms with Gasteiger partial charge in [0.05, 0.1) is 21.8 Å². The van der Waals surface area contributed by atoms with Crippen LogP contribution in [0.15, 0.2) is 203 Å². The molecule has 12 rings (SSSR count). The second kappa shape index (κ2) is 12.6. The summed E-state index contributed by atoms with van der Waals surface area (Å²) in [7, 11) is 0. The van der Waals surface area contributed by atoms with Crippen LogP contribution in [0.3, 0.4) is 0 Å². The van der Waals surface area contributed by atoms with Crippen LogP contribution in [-0.2, 0) is 0 Å². The van der Waals surface area contributed by atoms with Crippen LogP contribution in [-0.4, -0.2) is 0 Å². The Labute approximate surface area is 331 Å². The van der Waals surface area contributed by atoms with E-state index in [1.165, 1.54) is 20.2 Å². The fourth-order valence-electron chi connectivity index (χ4n) is 8.64. The molecule has 0 fully saturated rings. The Bertz CT molecular complexity index is 3490. The lowest BCUT2D eigenvalue weighted by Gasteiger charge is -2.33. The van der Waals surface area contributed by atoms with Gasteiger partial charge in [-0.2, -0.15) is 0 Å². The van der Waals surface area contributed by atoms with E-state index < -0.39 is 0 Å². The number of thiophene rings is 1. The molecule has 0 saturated carbocycles. The van der Waals surface area contributed by atoms with E-state index in [2.05, 4.69) is 192 Å². The van der Waals surface area contributed by atoms with Crippen LogP contribution >= 0.6 is 11.3 Å². The topological polar surface area (TPSA) is 32.8 Å². The van der Waals surface area contributed by atoms with E-state index in [0.29, 0.717) is 0 Å². The van der Waals surface area contributed by atoms with Gasteiger partial charge in [0.25, 0.3) is 0 Å². The van der Waals surface area contributed by atoms with Gasteiger partial charge < -0.3 is 18.6 Å². The summed E-state index contributed by atoms with van der Waals surface area (Å²) in [6.45, 7) is 0. The summed E-state index contributed by atoms with van der Waals surface area (Å²) in [5.41, 5.74) is 9.66. The van der Waals surface area contributed by atoms with E-state index in [1.807, 2.05) is 23.5 Å². The van der Waals surface area contributed by atoms with Crippen molar-refractivity contribution < 1.29 is 8.83 Å². The van der Waals surface area contributed by atoms with Crippen molar-refractivity contribution in [2.24, 2.45) is 0 Å². The molecule has 0 saturated heterocycles. The van der Waals surface area contributed by atoms with Crippen molar-refractivity contribution >= 4 is 120 Å². The first-order chi connectivity index (χ1) is 28.3. The highest BCUT2D eigenvalue weighted by Crippen LogP contribution is 2.52. The van der Waals surface area contributed by atoms with Crippen molar-refractivity contribution in [2.75, 3.05) is 9.80 Å². The molecule has 0 spiro atoms. The van der Waals surface area contributed by atoms with E-state index in [4.69, 9.17) is 8.83 Å². The molecule has 268 valence electrons. The van der Waals surface area contributed by atoms with Gasteiger partial charge in [-0.3, -0.25) is 0 Å². The standard InChI is InChI=1S/C52H32N2O2S/c1-3-15-34(16-4-1)53(36-27-29-48-42(30-36)38-20-9-11-24-47(38)55-48)46-32-49-43(40-28-26-33-14-7-8-19-37(33)51(40)56-49)31-45(46)54(35-17-5-2-6-18-35)44-23-13-22-41-39-21-10-12-25-50(39)57-52(41)44/h1-32H. The van der Waals surface area contributed by atoms with E-state index in [-0.39, 0.29) is 0 Å². The molecular formula is C52H32N2O2S. The second-order valence-corrected chi connectivity index (χ2v) is 15.5. The molecule has 12 aromatic rings. The Hall–Kier alpha value is -7.34. The molecule has 4 nitrogen and oxygen atoms in total. The third kappa shape index (κ3) is 4.99. The largest absolute Gasteiger partial charge is 0.456 e. The smallest absolute Gasteiger partial charge is 0.143 e. The van der Waals surface area contributed by atoms with E-state index in [0.717, 1.165) is 88.8 Å². The van der Waals surface area contributed by atoms with Gasteiger partial charge in [0.15, 0.2) is 0 Å². The number of hydrogen-bond acceptors (Lipinski definition) is 5. The van der Waals surface area contributed by atoms with Crippen LogP contribution in [0, 0.1) is 0 Å². The second-order valence-electron chi connectivity index (χ2n) is 14.5. The van der Waals surface area contributed by atoms with Crippen molar-refractivity contribution in [3.8, 4) is 0 Å². The molecule has 0 atom stereocenters. The number of hydrogen-bond donors (Lipinski definition) is 0. The van der Waals surface area contributed by atoms with Gasteiger partial charge in [0.2, 0.25) is 0 Å². The summed E-state index contributed by atoms with van der Waals surface area (Å²) in [5.74, 6) is 0. The van der Waals surface area contributed by atoms with Crippen LogP contribution in [0.5, 0.6) is 0 Å². The predicted molar refractivity (Wildman–Crippen MR) is 241 cm³/mol. The van der Waals surface area contributed by atoms with Gasteiger partial charge in [0, 0.05) is 65.5 Å². The molecule has 0 aliphatic rings. The molecule has 3 heterocycles. The van der Waals surface area contributed by atoms with Crippen molar-refractivity contribution in [1.82, 2.24) is 0 Å². The predicted octanol–water partition coefficient (Wildman–Crippen LogP) is 15.9. The molecule has 5 heteroatoms. The van der Waals surface area contributed by atoms with E-state index in [9.17, 15) is 0 Å². The molecule has 0 amide bonds. The Kier molecular flexibility index (Phi) is 7.06. The molecule has 0 aliphatic heterocycles. The number of anilines is 6. The molecule has 57 heavy (non-hydrogen) atoms. The van der Waals surface area contributed by atoms with E-state index in [1.54, 1.807) is 0 Å². The lowest BCUT2D eigenvalue weighted by atomic mass is 10.0. The quantitative estimate of drug-likeness (QED) is 0.170. The monoisotopic (exact) mass is 748 g/mol. The zero-order valence-corrected chi connectivity index (χ0v) is 31.4. The van der Waals surface area contributed by atoms with E-state index >= 15 is 0 Å². The lowest BCUT2D eigenvalue weighted by Crippen LogP contribution is -2.17. The maximum atomic E-state index is 6.94. The van der Waals surface area contributed by atoms with Gasteiger partial charge >= 0.3 is 0 Å². The van der Waals surface area contributed by atoms with Gasteiger partial charge in [-0.1, -0.05) is 115 Å².